The van der Waals surface area contributed by atoms with Crippen LogP contribution in [0.2, 0.25) is 0 Å². The number of thiazole rings is 2. The van der Waals surface area contributed by atoms with Crippen LogP contribution in [0.4, 0.5) is 10.8 Å². The summed E-state index contributed by atoms with van der Waals surface area (Å²) in [6.07, 6.45) is 0. The zero-order valence-corrected chi connectivity index (χ0v) is 16.9. The number of nitrogens with zero attached hydrogens (tertiary/aromatic N) is 5. The molecule has 5 aromatic rings. The average molecular weight is 419 g/mol. The number of hydrogen-bond donors (Lipinski definition) is 1. The van der Waals surface area contributed by atoms with Crippen molar-refractivity contribution in [3.05, 3.63) is 76.0 Å². The second-order valence-corrected chi connectivity index (χ2v) is 8.12. The molecule has 0 fully saturated rings. The fraction of sp³-hybridized carbons (Fsp3) is 0.0500. The number of fused-ring (bicyclic) bond motifs is 1. The predicted octanol–water partition coefficient (Wildman–Crippen LogP) is 5.62. The number of rotatable bonds is 4. The summed E-state index contributed by atoms with van der Waals surface area (Å²) in [5.41, 5.74) is 3.27. The lowest BCUT2D eigenvalue weighted by molar-refractivity contribution is 0.827. The quantitative estimate of drug-likeness (QED) is 0.384. The first kappa shape index (κ1) is 17.7. The fourth-order valence-electron chi connectivity index (χ4n) is 2.89. The van der Waals surface area contributed by atoms with E-state index in [-0.39, 0.29) is 11.2 Å². The van der Waals surface area contributed by atoms with Crippen LogP contribution in [0.5, 0.6) is 0 Å². The van der Waals surface area contributed by atoms with Gasteiger partial charge in [-0.3, -0.25) is 9.89 Å². The number of azo groups is 1. The number of aryl methyl sites for hydroxylation is 1. The minimum Gasteiger partial charge on any atom is -0.291 e. The van der Waals surface area contributed by atoms with Crippen molar-refractivity contribution < 1.29 is 0 Å². The first-order valence-corrected chi connectivity index (χ1v) is 10.5. The van der Waals surface area contributed by atoms with Gasteiger partial charge in [0.25, 0.3) is 0 Å². The second kappa shape index (κ2) is 7.19. The zero-order valence-electron chi connectivity index (χ0n) is 15.2. The van der Waals surface area contributed by atoms with Gasteiger partial charge in [-0.25, -0.2) is 9.97 Å². The number of aromatic amines is 1. The van der Waals surface area contributed by atoms with Crippen LogP contribution in [0.3, 0.4) is 0 Å². The number of hydrogen-bond acceptors (Lipinski definition) is 7. The monoisotopic (exact) mass is 418 g/mol. The number of para-hydroxylation sites is 1. The molecule has 142 valence electrons. The van der Waals surface area contributed by atoms with Crippen molar-refractivity contribution in [1.29, 1.82) is 0 Å². The molecule has 0 aliphatic carbocycles. The van der Waals surface area contributed by atoms with Crippen LogP contribution in [0.15, 0.2) is 75.0 Å². The first-order valence-electron chi connectivity index (χ1n) is 8.79. The summed E-state index contributed by atoms with van der Waals surface area (Å²) in [6.45, 7) is 1.79. The van der Waals surface area contributed by atoms with Crippen molar-refractivity contribution >= 4 is 43.7 Å². The highest BCUT2D eigenvalue weighted by Gasteiger charge is 2.15. The van der Waals surface area contributed by atoms with Gasteiger partial charge in [-0.2, -0.15) is 4.68 Å². The van der Waals surface area contributed by atoms with Gasteiger partial charge < -0.3 is 0 Å². The number of aromatic nitrogens is 4. The van der Waals surface area contributed by atoms with Crippen molar-refractivity contribution in [2.45, 2.75) is 6.92 Å². The Morgan fingerprint density at radius 1 is 1.00 bits per heavy atom. The molecule has 0 unspecified atom stereocenters. The molecule has 0 radical (unpaired) electrons. The molecule has 0 atom stereocenters. The third-order valence-electron chi connectivity index (χ3n) is 4.31. The minimum absolute atomic E-state index is 0.251. The predicted molar refractivity (Wildman–Crippen MR) is 116 cm³/mol. The number of nitrogens with one attached hydrogen (secondary N) is 1. The van der Waals surface area contributed by atoms with Crippen LogP contribution in [0.1, 0.15) is 5.69 Å². The molecule has 2 aromatic carbocycles. The number of benzene rings is 2. The summed E-state index contributed by atoms with van der Waals surface area (Å²) in [5.74, 6) is 0. The Balaban J connectivity index is 1.48. The standard InChI is InChI=1S/C20H14N6OS2/c1-12-17(23-24-19-21-14-9-5-6-10-16(14)29-19)18(27)26(25-12)20-22-15(11-28-20)13-7-3-2-4-8-13/h2-11,25H,1H3. The van der Waals surface area contributed by atoms with Crippen molar-refractivity contribution in [3.63, 3.8) is 0 Å². The first-order chi connectivity index (χ1) is 14.2. The Morgan fingerprint density at radius 2 is 1.79 bits per heavy atom. The molecular weight excluding hydrogens is 404 g/mol. The third kappa shape index (κ3) is 3.30. The maximum absolute atomic E-state index is 12.9. The van der Waals surface area contributed by atoms with Crippen molar-refractivity contribution in [2.75, 3.05) is 0 Å². The molecule has 0 aliphatic rings. The minimum atomic E-state index is -0.290. The van der Waals surface area contributed by atoms with Crippen LogP contribution in [-0.2, 0) is 0 Å². The molecular formula is C20H14N6OS2. The topological polar surface area (TPSA) is 88.3 Å². The van der Waals surface area contributed by atoms with Crippen LogP contribution in [-0.4, -0.2) is 19.7 Å². The molecule has 0 spiro atoms. The molecule has 0 saturated carbocycles. The highest BCUT2D eigenvalue weighted by Crippen LogP contribution is 2.29. The van der Waals surface area contributed by atoms with Gasteiger partial charge in [-0.1, -0.05) is 53.8 Å². The maximum atomic E-state index is 12.9. The van der Waals surface area contributed by atoms with E-state index in [2.05, 4.69) is 25.3 Å². The SMILES string of the molecule is Cc1[nH]n(-c2nc(-c3ccccc3)cs2)c(=O)c1N=Nc1nc2ccccc2s1. The molecule has 0 bridgehead atoms. The summed E-state index contributed by atoms with van der Waals surface area (Å²) in [7, 11) is 0. The van der Waals surface area contributed by atoms with E-state index < -0.39 is 0 Å². The van der Waals surface area contributed by atoms with Gasteiger partial charge in [0.05, 0.1) is 21.6 Å². The fourth-order valence-corrected chi connectivity index (χ4v) is 4.47. The van der Waals surface area contributed by atoms with Gasteiger partial charge in [0.2, 0.25) is 10.3 Å². The largest absolute Gasteiger partial charge is 0.301 e. The molecule has 9 heteroatoms. The Hall–Kier alpha value is -3.43. The Bertz CT molecular complexity index is 1360. The molecule has 0 amide bonds. The molecule has 7 nitrogen and oxygen atoms in total. The second-order valence-electron chi connectivity index (χ2n) is 6.27. The van der Waals surface area contributed by atoms with Gasteiger partial charge in [0, 0.05) is 10.9 Å². The van der Waals surface area contributed by atoms with E-state index in [1.54, 1.807) is 6.92 Å². The Labute approximate surface area is 173 Å². The van der Waals surface area contributed by atoms with Gasteiger partial charge in [-0.15, -0.1) is 21.6 Å². The van der Waals surface area contributed by atoms with Gasteiger partial charge in [0.15, 0.2) is 5.69 Å². The lowest BCUT2D eigenvalue weighted by Gasteiger charge is -1.95. The van der Waals surface area contributed by atoms with Crippen molar-refractivity contribution in [2.24, 2.45) is 10.2 Å². The average Bonchev–Trinajstić information content (AvgIpc) is 3.45. The van der Waals surface area contributed by atoms with E-state index in [1.807, 2.05) is 60.0 Å². The smallest absolute Gasteiger partial charge is 0.291 e. The van der Waals surface area contributed by atoms with E-state index in [0.29, 0.717) is 16.0 Å². The Morgan fingerprint density at radius 3 is 2.62 bits per heavy atom. The van der Waals surface area contributed by atoms with Gasteiger partial charge in [-0.05, 0) is 19.1 Å². The molecule has 3 heterocycles. The van der Waals surface area contributed by atoms with E-state index in [9.17, 15) is 4.79 Å². The maximum Gasteiger partial charge on any atom is 0.301 e. The summed E-state index contributed by atoms with van der Waals surface area (Å²) in [5, 5.41) is 14.4. The molecule has 29 heavy (non-hydrogen) atoms. The molecule has 5 rings (SSSR count). The summed E-state index contributed by atoms with van der Waals surface area (Å²) in [4.78, 5) is 21.9. The highest BCUT2D eigenvalue weighted by atomic mass is 32.1. The van der Waals surface area contributed by atoms with Crippen molar-refractivity contribution in [1.82, 2.24) is 19.7 Å². The molecule has 0 aliphatic heterocycles. The normalized spacial score (nSPS) is 11.6. The van der Waals surface area contributed by atoms with E-state index in [4.69, 9.17) is 0 Å². The van der Waals surface area contributed by atoms with Crippen molar-refractivity contribution in [3.8, 4) is 16.4 Å². The zero-order chi connectivity index (χ0) is 19.8. The molecule has 0 saturated heterocycles. The van der Waals surface area contributed by atoms with Crippen LogP contribution < -0.4 is 5.56 Å². The Kier molecular flexibility index (Phi) is 4.38. The lowest BCUT2D eigenvalue weighted by atomic mass is 10.2. The van der Waals surface area contributed by atoms with E-state index in [1.165, 1.54) is 27.4 Å². The van der Waals surface area contributed by atoms with Crippen LogP contribution in [0.25, 0.3) is 26.6 Å². The van der Waals surface area contributed by atoms with E-state index in [0.717, 1.165) is 21.5 Å². The van der Waals surface area contributed by atoms with Gasteiger partial charge in [0.1, 0.15) is 0 Å². The van der Waals surface area contributed by atoms with Crippen LogP contribution in [0, 0.1) is 6.92 Å². The van der Waals surface area contributed by atoms with Crippen LogP contribution >= 0.6 is 22.7 Å². The number of H-pyrrole nitrogens is 1. The third-order valence-corrected chi connectivity index (χ3v) is 6.06. The molecule has 1 N–H and O–H groups in total. The highest BCUT2D eigenvalue weighted by molar-refractivity contribution is 7.21. The lowest BCUT2D eigenvalue weighted by Crippen LogP contribution is -2.13. The summed E-state index contributed by atoms with van der Waals surface area (Å²) < 4.78 is 2.43. The van der Waals surface area contributed by atoms with Gasteiger partial charge >= 0.3 is 5.56 Å². The summed E-state index contributed by atoms with van der Waals surface area (Å²) in [6, 6.07) is 17.6. The van der Waals surface area contributed by atoms with E-state index >= 15 is 0 Å². The summed E-state index contributed by atoms with van der Waals surface area (Å²) >= 11 is 2.82. The molecule has 3 aromatic heterocycles.